The zero-order chi connectivity index (χ0) is 18.6. The zero-order valence-corrected chi connectivity index (χ0v) is 14.5. The second-order valence-corrected chi connectivity index (χ2v) is 5.55. The van der Waals surface area contributed by atoms with Crippen molar-refractivity contribution in [2.24, 2.45) is 7.05 Å². The van der Waals surface area contributed by atoms with Crippen LogP contribution in [0.4, 0.5) is 4.79 Å². The number of carbonyl (C=O) groups excluding carboxylic acids is 3. The van der Waals surface area contributed by atoms with Crippen LogP contribution in [0.1, 0.15) is 10.4 Å². The van der Waals surface area contributed by atoms with E-state index in [-0.39, 0.29) is 6.54 Å². The van der Waals surface area contributed by atoms with Crippen LogP contribution in [0.3, 0.4) is 0 Å². The van der Waals surface area contributed by atoms with Gasteiger partial charge in [0, 0.05) is 20.2 Å². The third-order valence-corrected chi connectivity index (χ3v) is 3.50. The number of rotatable bonds is 4. The highest BCUT2D eigenvalue weighted by atomic mass is 16.6. The fourth-order valence-corrected chi connectivity index (χ4v) is 2.18. The highest BCUT2D eigenvalue weighted by Gasteiger charge is 2.19. The van der Waals surface area contributed by atoms with Crippen LogP contribution < -0.4 is 14.6 Å². The first-order valence-electron chi connectivity index (χ1n) is 7.50. The van der Waals surface area contributed by atoms with E-state index in [4.69, 9.17) is 4.74 Å². The Kier molecular flexibility index (Phi) is 5.53. The lowest BCUT2D eigenvalue weighted by Crippen LogP contribution is -2.34. The maximum atomic E-state index is 12.3. The van der Waals surface area contributed by atoms with Crippen molar-refractivity contribution >= 4 is 28.9 Å². The molecule has 2 amide bonds. The number of nitrogens with zero attached hydrogens (tertiary/aromatic N) is 2. The van der Waals surface area contributed by atoms with Crippen LogP contribution in [-0.2, 0) is 16.6 Å². The van der Waals surface area contributed by atoms with Crippen LogP contribution in [0.25, 0.3) is 10.9 Å². The van der Waals surface area contributed by atoms with Gasteiger partial charge in [0.15, 0.2) is 6.20 Å². The summed E-state index contributed by atoms with van der Waals surface area (Å²) in [5.74, 6) is -0.634. The molecular formula is C17H20N3O5+. The van der Waals surface area contributed by atoms with Crippen LogP contribution in [-0.4, -0.2) is 50.6 Å². The number of fused-ring (bicyclic) bond motifs is 1. The number of hydrogen-bond acceptors (Lipinski definition) is 5. The Balaban J connectivity index is 2.39. The summed E-state index contributed by atoms with van der Waals surface area (Å²) in [7, 11) is 6.19. The summed E-state index contributed by atoms with van der Waals surface area (Å²) in [5.41, 5.74) is 1.11. The molecule has 1 aromatic carbocycles. The van der Waals surface area contributed by atoms with Crippen molar-refractivity contribution in [3.8, 4) is 5.75 Å². The number of methoxy groups -OCH3 is 1. The second-order valence-electron chi connectivity index (χ2n) is 5.55. The molecule has 0 aliphatic rings. The van der Waals surface area contributed by atoms with E-state index in [0.717, 1.165) is 5.52 Å². The van der Waals surface area contributed by atoms with Crippen molar-refractivity contribution in [1.82, 2.24) is 10.2 Å². The number of pyridine rings is 1. The number of aryl methyl sites for hydroxylation is 1. The van der Waals surface area contributed by atoms with Gasteiger partial charge in [-0.2, -0.15) is 0 Å². The number of hydrogen-bond donors (Lipinski definition) is 1. The SMILES string of the molecule is COC(=O)CNC(=O)c1cc2c(OC(=O)N(C)C)cccc2[n+](C)c1. The molecule has 2 aromatic rings. The van der Waals surface area contributed by atoms with Crippen molar-refractivity contribution in [2.75, 3.05) is 27.7 Å². The predicted molar refractivity (Wildman–Crippen MR) is 89.2 cm³/mol. The number of ether oxygens (including phenoxy) is 2. The summed E-state index contributed by atoms with van der Waals surface area (Å²) in [6.45, 7) is -0.228. The van der Waals surface area contributed by atoms with Gasteiger partial charge in [-0.15, -0.1) is 0 Å². The first-order chi connectivity index (χ1) is 11.8. The number of amides is 2. The van der Waals surface area contributed by atoms with Crippen molar-refractivity contribution in [3.05, 3.63) is 36.0 Å². The largest absolute Gasteiger partial charge is 0.468 e. The molecular weight excluding hydrogens is 326 g/mol. The van der Waals surface area contributed by atoms with Gasteiger partial charge in [0.2, 0.25) is 5.52 Å². The molecule has 8 heteroatoms. The topological polar surface area (TPSA) is 88.8 Å². The lowest BCUT2D eigenvalue weighted by molar-refractivity contribution is -0.645. The van der Waals surface area contributed by atoms with Crippen molar-refractivity contribution < 1.29 is 28.4 Å². The van der Waals surface area contributed by atoms with E-state index < -0.39 is 18.0 Å². The molecule has 0 aliphatic heterocycles. The molecule has 8 nitrogen and oxygen atoms in total. The molecule has 0 radical (unpaired) electrons. The highest BCUT2D eigenvalue weighted by molar-refractivity contribution is 5.99. The van der Waals surface area contributed by atoms with Gasteiger partial charge in [0.25, 0.3) is 5.91 Å². The molecule has 0 saturated heterocycles. The van der Waals surface area contributed by atoms with E-state index in [9.17, 15) is 14.4 Å². The number of aromatic nitrogens is 1. The summed E-state index contributed by atoms with van der Waals surface area (Å²) < 4.78 is 11.6. The molecule has 1 heterocycles. The molecule has 132 valence electrons. The van der Waals surface area contributed by atoms with Gasteiger partial charge in [0.05, 0.1) is 12.5 Å². The molecule has 2 rings (SSSR count). The third kappa shape index (κ3) is 4.23. The minimum Gasteiger partial charge on any atom is -0.468 e. The van der Waals surface area contributed by atoms with E-state index >= 15 is 0 Å². The Morgan fingerprint density at radius 1 is 1.24 bits per heavy atom. The molecule has 0 atom stereocenters. The van der Waals surface area contributed by atoms with Gasteiger partial charge >= 0.3 is 12.1 Å². The maximum absolute atomic E-state index is 12.3. The standard InChI is InChI=1S/C17H19N3O5/c1-19(2)17(23)25-14-7-5-6-13-12(14)8-11(10-20(13)3)16(22)18-9-15(21)24-4/h5-8,10H,9H2,1-4H3/p+1. The van der Waals surface area contributed by atoms with E-state index in [0.29, 0.717) is 16.7 Å². The fraction of sp³-hybridized carbons (Fsp3) is 0.294. The lowest BCUT2D eigenvalue weighted by atomic mass is 10.1. The van der Waals surface area contributed by atoms with Gasteiger partial charge in [-0.05, 0) is 12.1 Å². The van der Waals surface area contributed by atoms with Crippen molar-refractivity contribution in [1.29, 1.82) is 0 Å². The first kappa shape index (κ1) is 18.2. The Bertz CT molecular complexity index is 832. The van der Waals surface area contributed by atoms with Crippen LogP contribution in [0, 0.1) is 0 Å². The van der Waals surface area contributed by atoms with E-state index in [1.807, 2.05) is 6.07 Å². The summed E-state index contributed by atoms with van der Waals surface area (Å²) in [4.78, 5) is 36.6. The highest BCUT2D eigenvalue weighted by Crippen LogP contribution is 2.24. The Morgan fingerprint density at radius 3 is 2.60 bits per heavy atom. The lowest BCUT2D eigenvalue weighted by Gasteiger charge is -2.12. The van der Waals surface area contributed by atoms with Crippen LogP contribution in [0.15, 0.2) is 30.5 Å². The van der Waals surface area contributed by atoms with E-state index in [1.165, 1.54) is 12.0 Å². The van der Waals surface area contributed by atoms with E-state index in [1.54, 1.807) is 50.1 Å². The van der Waals surface area contributed by atoms with Gasteiger partial charge in [-0.3, -0.25) is 9.59 Å². The van der Waals surface area contributed by atoms with Crippen LogP contribution in [0.5, 0.6) is 5.75 Å². The van der Waals surface area contributed by atoms with Gasteiger partial charge in [0.1, 0.15) is 24.9 Å². The van der Waals surface area contributed by atoms with Crippen molar-refractivity contribution in [3.63, 3.8) is 0 Å². The molecule has 25 heavy (non-hydrogen) atoms. The first-order valence-corrected chi connectivity index (χ1v) is 7.50. The Hall–Kier alpha value is -3.16. The molecule has 1 N–H and O–H groups in total. The average molecular weight is 346 g/mol. The normalized spacial score (nSPS) is 10.2. The molecule has 0 bridgehead atoms. The third-order valence-electron chi connectivity index (χ3n) is 3.50. The molecule has 0 saturated carbocycles. The van der Waals surface area contributed by atoms with Gasteiger partial charge < -0.3 is 19.7 Å². The number of carbonyl (C=O) groups is 3. The molecule has 0 aliphatic carbocycles. The zero-order valence-electron chi connectivity index (χ0n) is 14.5. The summed E-state index contributed by atoms with van der Waals surface area (Å²) in [6.07, 6.45) is 1.11. The quantitative estimate of drug-likeness (QED) is 0.648. The number of nitrogens with one attached hydrogen (secondary N) is 1. The van der Waals surface area contributed by atoms with Gasteiger partial charge in [-0.1, -0.05) is 6.07 Å². The minimum atomic E-state index is -0.542. The molecule has 0 fully saturated rings. The van der Waals surface area contributed by atoms with Crippen LogP contribution in [0.2, 0.25) is 0 Å². The number of esters is 1. The number of benzene rings is 1. The Labute approximate surface area is 144 Å². The van der Waals surface area contributed by atoms with Gasteiger partial charge in [-0.25, -0.2) is 9.36 Å². The summed E-state index contributed by atoms with van der Waals surface area (Å²) >= 11 is 0. The average Bonchev–Trinajstić information content (AvgIpc) is 2.59. The summed E-state index contributed by atoms with van der Waals surface area (Å²) in [5, 5.41) is 3.08. The fourth-order valence-electron chi connectivity index (χ4n) is 2.18. The van der Waals surface area contributed by atoms with E-state index in [2.05, 4.69) is 10.1 Å². The Morgan fingerprint density at radius 2 is 1.96 bits per heavy atom. The van der Waals surface area contributed by atoms with Crippen LogP contribution >= 0.6 is 0 Å². The summed E-state index contributed by atoms with van der Waals surface area (Å²) in [6, 6.07) is 6.87. The minimum absolute atomic E-state index is 0.228. The predicted octanol–water partition coefficient (Wildman–Crippen LogP) is 0.627. The second kappa shape index (κ2) is 7.61. The smallest absolute Gasteiger partial charge is 0.414 e. The molecule has 0 unspecified atom stereocenters. The maximum Gasteiger partial charge on any atom is 0.414 e. The van der Waals surface area contributed by atoms with Crippen molar-refractivity contribution in [2.45, 2.75) is 0 Å². The molecule has 1 aromatic heterocycles. The molecule has 0 spiro atoms. The monoisotopic (exact) mass is 346 g/mol.